The van der Waals surface area contributed by atoms with Gasteiger partial charge in [-0.15, -0.1) is 0 Å². The quantitative estimate of drug-likeness (QED) is 0.495. The predicted octanol–water partition coefficient (Wildman–Crippen LogP) is 4.40. The molecule has 7 nitrogen and oxygen atoms in total. The van der Waals surface area contributed by atoms with Crippen LogP contribution < -0.4 is 9.62 Å². The lowest BCUT2D eigenvalue weighted by molar-refractivity contribution is -0.140. The van der Waals surface area contributed by atoms with Crippen LogP contribution in [0.2, 0.25) is 10.0 Å². The zero-order chi connectivity index (χ0) is 25.6. The SMILES string of the molecule is CCC(C(=O)NC(C)C)N(Cc1ccccc1Cl)C(=O)CN(c1cc(Cl)ccc1C)S(C)(=O)=O. The molecule has 2 rings (SSSR count). The van der Waals surface area contributed by atoms with Crippen molar-refractivity contribution >= 4 is 50.7 Å². The second-order valence-corrected chi connectivity index (χ2v) is 11.2. The fraction of sp³-hybridized carbons (Fsp3) is 0.417. The first-order chi connectivity index (χ1) is 15.8. The Hall–Kier alpha value is -2.29. The lowest BCUT2D eigenvalue weighted by Crippen LogP contribution is -2.53. The molecule has 0 heterocycles. The second kappa shape index (κ2) is 11.9. The van der Waals surface area contributed by atoms with Crippen LogP contribution in [0.15, 0.2) is 42.5 Å². The van der Waals surface area contributed by atoms with Crippen molar-refractivity contribution in [1.29, 1.82) is 0 Å². The number of hydrogen-bond acceptors (Lipinski definition) is 4. The first-order valence-corrected chi connectivity index (χ1v) is 13.5. The van der Waals surface area contributed by atoms with E-state index >= 15 is 0 Å². The van der Waals surface area contributed by atoms with E-state index in [9.17, 15) is 18.0 Å². The van der Waals surface area contributed by atoms with Gasteiger partial charge in [0.25, 0.3) is 0 Å². The Morgan fingerprint density at radius 2 is 1.74 bits per heavy atom. The molecular formula is C24H31Cl2N3O4S. The third-order valence-corrected chi connectivity index (χ3v) is 6.96. The predicted molar refractivity (Wildman–Crippen MR) is 138 cm³/mol. The number of halogens is 2. The second-order valence-electron chi connectivity index (χ2n) is 8.40. The zero-order valence-electron chi connectivity index (χ0n) is 20.0. The van der Waals surface area contributed by atoms with Crippen LogP contribution in [-0.4, -0.2) is 50.0 Å². The van der Waals surface area contributed by atoms with Crippen LogP contribution in [0.5, 0.6) is 0 Å². The van der Waals surface area contributed by atoms with Gasteiger partial charge in [-0.1, -0.05) is 54.4 Å². The van der Waals surface area contributed by atoms with Gasteiger partial charge < -0.3 is 10.2 Å². The molecule has 2 aromatic carbocycles. The van der Waals surface area contributed by atoms with E-state index in [1.807, 2.05) is 13.8 Å². The van der Waals surface area contributed by atoms with Gasteiger partial charge in [0.05, 0.1) is 11.9 Å². The van der Waals surface area contributed by atoms with E-state index in [-0.39, 0.29) is 18.5 Å². The average molecular weight is 529 g/mol. The fourth-order valence-electron chi connectivity index (χ4n) is 3.56. The van der Waals surface area contributed by atoms with Gasteiger partial charge in [0, 0.05) is 22.6 Å². The Kier molecular flexibility index (Phi) is 9.79. The number of nitrogens with zero attached hydrogens (tertiary/aromatic N) is 2. The van der Waals surface area contributed by atoms with Crippen LogP contribution in [0.3, 0.4) is 0 Å². The van der Waals surface area contributed by atoms with Gasteiger partial charge in [-0.2, -0.15) is 0 Å². The summed E-state index contributed by atoms with van der Waals surface area (Å²) in [6.45, 7) is 6.76. The Balaban J connectivity index is 2.50. The molecule has 2 amide bonds. The number of carbonyl (C=O) groups is 2. The highest BCUT2D eigenvalue weighted by atomic mass is 35.5. The molecule has 1 N–H and O–H groups in total. The van der Waals surface area contributed by atoms with E-state index in [0.717, 1.165) is 10.6 Å². The first-order valence-electron chi connectivity index (χ1n) is 10.9. The summed E-state index contributed by atoms with van der Waals surface area (Å²) in [5.41, 5.74) is 1.60. The fourth-order valence-corrected chi connectivity index (χ4v) is 4.82. The van der Waals surface area contributed by atoms with Gasteiger partial charge in [0.15, 0.2) is 0 Å². The highest BCUT2D eigenvalue weighted by Crippen LogP contribution is 2.27. The minimum atomic E-state index is -3.84. The standard InChI is InChI=1S/C24H31Cl2N3O4S/c1-6-21(24(31)27-16(2)3)28(14-18-9-7-8-10-20(18)26)23(30)15-29(34(5,32)33)22-13-19(25)12-11-17(22)4/h7-13,16,21H,6,14-15H2,1-5H3,(H,27,31). The molecule has 0 saturated carbocycles. The number of hydrogen-bond donors (Lipinski definition) is 1. The van der Waals surface area contributed by atoms with Crippen molar-refractivity contribution in [2.45, 2.75) is 52.7 Å². The molecule has 0 aromatic heterocycles. The molecule has 186 valence electrons. The van der Waals surface area contributed by atoms with Crippen molar-refractivity contribution in [3.05, 3.63) is 63.6 Å². The topological polar surface area (TPSA) is 86.8 Å². The Bertz CT molecular complexity index is 1140. The van der Waals surface area contributed by atoms with E-state index in [2.05, 4.69) is 5.32 Å². The smallest absolute Gasteiger partial charge is 0.244 e. The van der Waals surface area contributed by atoms with Crippen molar-refractivity contribution in [1.82, 2.24) is 10.2 Å². The van der Waals surface area contributed by atoms with Gasteiger partial charge in [-0.3, -0.25) is 13.9 Å². The van der Waals surface area contributed by atoms with E-state index in [0.29, 0.717) is 33.3 Å². The summed E-state index contributed by atoms with van der Waals surface area (Å²) < 4.78 is 26.4. The molecule has 0 bridgehead atoms. The number of anilines is 1. The summed E-state index contributed by atoms with van der Waals surface area (Å²) in [5, 5.41) is 3.64. The van der Waals surface area contributed by atoms with Gasteiger partial charge in [0.1, 0.15) is 12.6 Å². The van der Waals surface area contributed by atoms with Crippen LogP contribution in [0, 0.1) is 6.92 Å². The lowest BCUT2D eigenvalue weighted by Gasteiger charge is -2.33. The summed E-state index contributed by atoms with van der Waals surface area (Å²) in [6, 6.07) is 10.9. The maximum absolute atomic E-state index is 13.6. The van der Waals surface area contributed by atoms with Crippen molar-refractivity contribution < 1.29 is 18.0 Å². The number of benzene rings is 2. The summed E-state index contributed by atoms with van der Waals surface area (Å²) in [7, 11) is -3.84. The Morgan fingerprint density at radius 1 is 1.09 bits per heavy atom. The van der Waals surface area contributed by atoms with Crippen LogP contribution in [0.4, 0.5) is 5.69 Å². The van der Waals surface area contributed by atoms with Gasteiger partial charge in [-0.05, 0) is 56.5 Å². The molecule has 1 atom stereocenters. The zero-order valence-corrected chi connectivity index (χ0v) is 22.3. The molecule has 1 unspecified atom stereocenters. The van der Waals surface area contributed by atoms with Crippen LogP contribution in [-0.2, 0) is 26.2 Å². The van der Waals surface area contributed by atoms with Crippen molar-refractivity contribution in [2.24, 2.45) is 0 Å². The molecule has 0 radical (unpaired) electrons. The number of amides is 2. The minimum Gasteiger partial charge on any atom is -0.352 e. The summed E-state index contributed by atoms with van der Waals surface area (Å²) >= 11 is 12.5. The minimum absolute atomic E-state index is 0.0503. The Labute approximate surface area is 212 Å². The monoisotopic (exact) mass is 527 g/mol. The first kappa shape index (κ1) is 28.0. The molecule has 0 spiro atoms. The summed E-state index contributed by atoms with van der Waals surface area (Å²) in [4.78, 5) is 28.0. The third-order valence-electron chi connectivity index (χ3n) is 5.23. The number of carbonyl (C=O) groups excluding carboxylic acids is 2. The largest absolute Gasteiger partial charge is 0.352 e. The van der Waals surface area contributed by atoms with E-state index < -0.39 is 28.5 Å². The molecule has 2 aromatic rings. The maximum Gasteiger partial charge on any atom is 0.244 e. The van der Waals surface area contributed by atoms with Crippen LogP contribution >= 0.6 is 23.2 Å². The molecular weight excluding hydrogens is 497 g/mol. The number of rotatable bonds is 10. The van der Waals surface area contributed by atoms with Crippen LogP contribution in [0.1, 0.15) is 38.3 Å². The molecule has 10 heteroatoms. The summed E-state index contributed by atoms with van der Waals surface area (Å²) in [6.07, 6.45) is 1.37. The number of nitrogens with one attached hydrogen (secondary N) is 1. The highest BCUT2D eigenvalue weighted by Gasteiger charge is 2.32. The van der Waals surface area contributed by atoms with Crippen molar-refractivity contribution in [3.63, 3.8) is 0 Å². The maximum atomic E-state index is 13.6. The summed E-state index contributed by atoms with van der Waals surface area (Å²) in [5.74, 6) is -0.849. The van der Waals surface area contributed by atoms with Crippen molar-refractivity contribution in [2.75, 3.05) is 17.1 Å². The highest BCUT2D eigenvalue weighted by molar-refractivity contribution is 7.92. The van der Waals surface area contributed by atoms with Gasteiger partial charge in [0.2, 0.25) is 21.8 Å². The van der Waals surface area contributed by atoms with Gasteiger partial charge in [-0.25, -0.2) is 8.42 Å². The normalized spacial score (nSPS) is 12.4. The molecule has 0 aliphatic heterocycles. The van der Waals surface area contributed by atoms with E-state index in [1.165, 1.54) is 11.0 Å². The van der Waals surface area contributed by atoms with Crippen LogP contribution in [0.25, 0.3) is 0 Å². The number of aryl methyl sites for hydroxylation is 1. The van der Waals surface area contributed by atoms with E-state index in [1.54, 1.807) is 50.2 Å². The third kappa shape index (κ3) is 7.35. The van der Waals surface area contributed by atoms with Crippen molar-refractivity contribution in [3.8, 4) is 0 Å². The molecule has 0 aliphatic carbocycles. The van der Waals surface area contributed by atoms with Gasteiger partial charge >= 0.3 is 0 Å². The molecule has 34 heavy (non-hydrogen) atoms. The molecule has 0 saturated heterocycles. The Morgan fingerprint density at radius 3 is 2.29 bits per heavy atom. The molecule has 0 aliphatic rings. The van der Waals surface area contributed by atoms with E-state index in [4.69, 9.17) is 23.2 Å². The number of sulfonamides is 1. The lowest BCUT2D eigenvalue weighted by atomic mass is 10.1. The molecule has 0 fully saturated rings. The average Bonchev–Trinajstić information content (AvgIpc) is 2.73.